The molecule has 0 saturated carbocycles. The first-order chi connectivity index (χ1) is 11.5. The van der Waals surface area contributed by atoms with E-state index >= 15 is 0 Å². The predicted molar refractivity (Wildman–Crippen MR) is 92.6 cm³/mol. The minimum atomic E-state index is -0.969. The molecule has 1 aliphatic heterocycles. The van der Waals surface area contributed by atoms with Crippen LogP contribution in [-0.2, 0) is 4.79 Å². The lowest BCUT2D eigenvalue weighted by molar-refractivity contribution is -0.121. The SMILES string of the molecule is CN1C(=O)S/C(=C\c2ccc(-c3cccc(C(=O)O)c3)cc2)C1=O. The maximum absolute atomic E-state index is 11.9. The molecular formula is C18H13NO4S. The average Bonchev–Trinajstić information content (AvgIpc) is 2.82. The van der Waals surface area contributed by atoms with Crippen molar-refractivity contribution in [2.75, 3.05) is 7.05 Å². The molecule has 6 heteroatoms. The van der Waals surface area contributed by atoms with Gasteiger partial charge in [0, 0.05) is 7.05 Å². The molecular weight excluding hydrogens is 326 g/mol. The fraction of sp³-hybridized carbons (Fsp3) is 0.0556. The van der Waals surface area contributed by atoms with Crippen molar-refractivity contribution in [3.8, 4) is 11.1 Å². The van der Waals surface area contributed by atoms with Crippen LogP contribution >= 0.6 is 11.8 Å². The van der Waals surface area contributed by atoms with Crippen molar-refractivity contribution in [1.82, 2.24) is 4.90 Å². The molecule has 5 nitrogen and oxygen atoms in total. The standard InChI is InChI=1S/C18H13NO4S/c1-19-16(20)15(24-18(19)23)9-11-5-7-12(8-6-11)13-3-2-4-14(10-13)17(21)22/h2-10H,1H3,(H,21,22)/b15-9-. The fourth-order valence-electron chi connectivity index (χ4n) is 2.30. The van der Waals surface area contributed by atoms with Gasteiger partial charge in [0.2, 0.25) is 0 Å². The predicted octanol–water partition coefficient (Wildman–Crippen LogP) is 3.72. The lowest BCUT2D eigenvalue weighted by atomic mass is 10.0. The highest BCUT2D eigenvalue weighted by atomic mass is 32.2. The van der Waals surface area contributed by atoms with Gasteiger partial charge in [-0.3, -0.25) is 14.5 Å². The van der Waals surface area contributed by atoms with Crippen molar-refractivity contribution in [2.45, 2.75) is 0 Å². The Morgan fingerprint density at radius 3 is 2.38 bits per heavy atom. The summed E-state index contributed by atoms with van der Waals surface area (Å²) in [5, 5.41) is 8.77. The van der Waals surface area contributed by atoms with Crippen molar-refractivity contribution >= 4 is 35.0 Å². The molecule has 0 aromatic heterocycles. The van der Waals surface area contributed by atoms with Gasteiger partial charge in [-0.05, 0) is 46.7 Å². The number of hydrogen-bond donors (Lipinski definition) is 1. The van der Waals surface area contributed by atoms with Gasteiger partial charge in [0.25, 0.3) is 11.1 Å². The zero-order valence-electron chi connectivity index (χ0n) is 12.7. The Morgan fingerprint density at radius 1 is 1.08 bits per heavy atom. The molecule has 1 heterocycles. The highest BCUT2D eigenvalue weighted by molar-refractivity contribution is 8.18. The molecule has 0 radical (unpaired) electrons. The summed E-state index contributed by atoms with van der Waals surface area (Å²) in [6, 6.07) is 14.0. The minimum Gasteiger partial charge on any atom is -0.478 e. The van der Waals surface area contributed by atoms with Crippen molar-refractivity contribution in [3.63, 3.8) is 0 Å². The molecule has 3 rings (SSSR count). The molecule has 1 aliphatic rings. The van der Waals surface area contributed by atoms with Gasteiger partial charge in [0.15, 0.2) is 0 Å². The lowest BCUT2D eigenvalue weighted by Gasteiger charge is -2.04. The van der Waals surface area contributed by atoms with Crippen molar-refractivity contribution in [2.24, 2.45) is 0 Å². The minimum absolute atomic E-state index is 0.230. The van der Waals surface area contributed by atoms with Crippen LogP contribution in [0.2, 0.25) is 0 Å². The van der Waals surface area contributed by atoms with Crippen LogP contribution in [0.4, 0.5) is 4.79 Å². The third-order valence-electron chi connectivity index (χ3n) is 3.64. The summed E-state index contributed by atoms with van der Waals surface area (Å²) < 4.78 is 0. The van der Waals surface area contributed by atoms with Crippen molar-refractivity contribution in [3.05, 3.63) is 64.6 Å². The van der Waals surface area contributed by atoms with E-state index in [0.29, 0.717) is 4.91 Å². The molecule has 0 spiro atoms. The van der Waals surface area contributed by atoms with Crippen LogP contribution in [0.25, 0.3) is 17.2 Å². The number of amides is 2. The molecule has 2 amide bonds. The van der Waals surface area contributed by atoms with E-state index in [1.165, 1.54) is 7.05 Å². The topological polar surface area (TPSA) is 74.7 Å². The van der Waals surface area contributed by atoms with E-state index in [1.54, 1.807) is 24.3 Å². The molecule has 120 valence electrons. The van der Waals surface area contributed by atoms with Crippen molar-refractivity contribution < 1.29 is 19.5 Å². The number of carboxylic acid groups (broad SMARTS) is 1. The molecule has 2 aromatic rings. The Balaban J connectivity index is 1.87. The summed E-state index contributed by atoms with van der Waals surface area (Å²) >= 11 is 0.916. The molecule has 0 atom stereocenters. The van der Waals surface area contributed by atoms with Gasteiger partial charge in [-0.1, -0.05) is 36.4 Å². The lowest BCUT2D eigenvalue weighted by Crippen LogP contribution is -2.22. The zero-order valence-corrected chi connectivity index (χ0v) is 13.5. The zero-order chi connectivity index (χ0) is 17.3. The maximum atomic E-state index is 11.9. The van der Waals surface area contributed by atoms with Crippen LogP contribution in [0, 0.1) is 0 Å². The van der Waals surface area contributed by atoms with Crippen LogP contribution in [0.3, 0.4) is 0 Å². The molecule has 0 aliphatic carbocycles. The fourth-order valence-corrected chi connectivity index (χ4v) is 3.13. The van der Waals surface area contributed by atoms with Gasteiger partial charge >= 0.3 is 5.97 Å². The number of likely N-dealkylation sites (N-methyl/N-ethyl adjacent to an activating group) is 1. The van der Waals surface area contributed by atoms with Crippen LogP contribution in [0.5, 0.6) is 0 Å². The van der Waals surface area contributed by atoms with Gasteiger partial charge in [0.1, 0.15) is 0 Å². The van der Waals surface area contributed by atoms with Gasteiger partial charge in [0.05, 0.1) is 10.5 Å². The second-order valence-corrected chi connectivity index (χ2v) is 6.24. The number of aromatic carboxylic acids is 1. The summed E-state index contributed by atoms with van der Waals surface area (Å²) in [6.07, 6.45) is 1.67. The number of benzene rings is 2. The van der Waals surface area contributed by atoms with Gasteiger partial charge in [-0.25, -0.2) is 4.79 Å². The summed E-state index contributed by atoms with van der Waals surface area (Å²) in [5.41, 5.74) is 2.70. The van der Waals surface area contributed by atoms with Crippen LogP contribution in [0.15, 0.2) is 53.4 Å². The first kappa shape index (κ1) is 16.0. The molecule has 1 N–H and O–H groups in total. The molecule has 1 saturated heterocycles. The number of rotatable bonds is 3. The van der Waals surface area contributed by atoms with E-state index in [9.17, 15) is 14.4 Å². The normalized spacial score (nSPS) is 16.0. The van der Waals surface area contributed by atoms with E-state index in [-0.39, 0.29) is 16.7 Å². The van der Waals surface area contributed by atoms with E-state index < -0.39 is 5.97 Å². The summed E-state index contributed by atoms with van der Waals surface area (Å²) in [6.45, 7) is 0. The van der Waals surface area contributed by atoms with E-state index in [0.717, 1.165) is 33.4 Å². The number of thioether (sulfide) groups is 1. The van der Waals surface area contributed by atoms with Crippen molar-refractivity contribution in [1.29, 1.82) is 0 Å². The Labute approximate surface area is 142 Å². The molecule has 2 aromatic carbocycles. The number of nitrogens with zero attached hydrogens (tertiary/aromatic N) is 1. The number of carboxylic acids is 1. The Hall–Kier alpha value is -2.86. The summed E-state index contributed by atoms with van der Waals surface area (Å²) in [7, 11) is 1.46. The Morgan fingerprint density at radius 2 is 1.79 bits per heavy atom. The maximum Gasteiger partial charge on any atom is 0.335 e. The second kappa shape index (κ2) is 6.33. The average molecular weight is 339 g/mol. The largest absolute Gasteiger partial charge is 0.478 e. The molecule has 0 bridgehead atoms. The van der Waals surface area contributed by atoms with E-state index in [2.05, 4.69) is 0 Å². The first-order valence-electron chi connectivity index (χ1n) is 7.11. The Kier molecular flexibility index (Phi) is 4.22. The monoisotopic (exact) mass is 339 g/mol. The second-order valence-electron chi connectivity index (χ2n) is 5.25. The quantitative estimate of drug-likeness (QED) is 0.863. The number of imide groups is 1. The number of hydrogen-bond acceptors (Lipinski definition) is 4. The number of carbonyl (C=O) groups excluding carboxylic acids is 2. The summed E-state index contributed by atoms with van der Waals surface area (Å²) in [4.78, 5) is 35.9. The third-order valence-corrected chi connectivity index (χ3v) is 4.60. The third kappa shape index (κ3) is 3.09. The highest BCUT2D eigenvalue weighted by Gasteiger charge is 2.31. The van der Waals surface area contributed by atoms with E-state index in [4.69, 9.17) is 5.11 Å². The molecule has 0 unspecified atom stereocenters. The van der Waals surface area contributed by atoms with E-state index in [1.807, 2.05) is 30.3 Å². The Bertz CT molecular complexity index is 871. The molecule has 1 fully saturated rings. The van der Waals surface area contributed by atoms with Crippen LogP contribution in [0.1, 0.15) is 15.9 Å². The highest BCUT2D eigenvalue weighted by Crippen LogP contribution is 2.31. The summed E-state index contributed by atoms with van der Waals surface area (Å²) in [5.74, 6) is -1.27. The van der Waals surface area contributed by atoms with Gasteiger partial charge < -0.3 is 5.11 Å². The van der Waals surface area contributed by atoms with Crippen LogP contribution in [-0.4, -0.2) is 34.2 Å². The first-order valence-corrected chi connectivity index (χ1v) is 7.93. The number of carbonyl (C=O) groups is 3. The van der Waals surface area contributed by atoms with Crippen LogP contribution < -0.4 is 0 Å². The molecule has 24 heavy (non-hydrogen) atoms. The smallest absolute Gasteiger partial charge is 0.335 e. The van der Waals surface area contributed by atoms with Gasteiger partial charge in [-0.2, -0.15) is 0 Å². The van der Waals surface area contributed by atoms with Gasteiger partial charge in [-0.15, -0.1) is 0 Å².